The highest BCUT2D eigenvalue weighted by Gasteiger charge is 2.54. The lowest BCUT2D eigenvalue weighted by Gasteiger charge is -2.40. The second-order valence-corrected chi connectivity index (χ2v) is 7.73. The average molecular weight is 400 g/mol. The number of likely N-dealkylation sites (tertiary alicyclic amines) is 1. The predicted octanol–water partition coefficient (Wildman–Crippen LogP) is 2.22. The zero-order chi connectivity index (χ0) is 21.2. The van der Waals surface area contributed by atoms with E-state index in [4.69, 9.17) is 4.74 Å². The summed E-state index contributed by atoms with van der Waals surface area (Å²) < 4.78 is 5.20. The Morgan fingerprint density at radius 2 is 2.07 bits per heavy atom. The molecule has 0 spiro atoms. The van der Waals surface area contributed by atoms with Gasteiger partial charge in [-0.05, 0) is 44.2 Å². The van der Waals surface area contributed by atoms with E-state index >= 15 is 0 Å². The number of ether oxygens (including phenoxy) is 1. The number of methoxy groups -OCH3 is 1. The molecule has 4 amide bonds. The summed E-state index contributed by atoms with van der Waals surface area (Å²) in [4.78, 5) is 45.6. The number of nitrogens with zero attached hydrogens (tertiary/aromatic N) is 3. The van der Waals surface area contributed by atoms with E-state index in [1.807, 2.05) is 6.92 Å². The Bertz CT molecular complexity index is 832. The van der Waals surface area contributed by atoms with Crippen molar-refractivity contribution in [1.82, 2.24) is 20.1 Å². The third-order valence-corrected chi connectivity index (χ3v) is 5.86. The smallest absolute Gasteiger partial charge is 0.325 e. The number of carbonyl (C=O) groups excluding carboxylic acids is 3. The number of piperidine rings is 1. The van der Waals surface area contributed by atoms with Crippen molar-refractivity contribution in [3.05, 3.63) is 36.0 Å². The van der Waals surface area contributed by atoms with Crippen LogP contribution in [-0.2, 0) is 4.79 Å². The van der Waals surface area contributed by atoms with Crippen LogP contribution in [0.15, 0.2) is 30.5 Å². The highest BCUT2D eigenvalue weighted by Crippen LogP contribution is 2.36. The second kappa shape index (κ2) is 8.23. The number of aromatic nitrogens is 1. The molecule has 3 heterocycles. The molecule has 0 radical (unpaired) electrons. The van der Waals surface area contributed by atoms with Crippen LogP contribution in [0.1, 0.15) is 43.5 Å². The number of amides is 4. The van der Waals surface area contributed by atoms with Crippen molar-refractivity contribution < 1.29 is 19.1 Å². The largest absolute Gasteiger partial charge is 0.480 e. The van der Waals surface area contributed by atoms with Gasteiger partial charge in [0.05, 0.1) is 13.7 Å². The fraction of sp³-hybridized carbons (Fsp3) is 0.524. The van der Waals surface area contributed by atoms with E-state index in [2.05, 4.69) is 16.9 Å². The maximum Gasteiger partial charge on any atom is 0.325 e. The first-order chi connectivity index (χ1) is 13.8. The van der Waals surface area contributed by atoms with Crippen LogP contribution in [0.25, 0.3) is 0 Å². The van der Waals surface area contributed by atoms with Gasteiger partial charge in [-0.2, -0.15) is 0 Å². The van der Waals surface area contributed by atoms with Crippen LogP contribution in [-0.4, -0.2) is 64.9 Å². The van der Waals surface area contributed by atoms with Gasteiger partial charge in [0.25, 0.3) is 11.8 Å². The molecule has 0 bridgehead atoms. The molecule has 2 fully saturated rings. The molecule has 1 aromatic rings. The number of hydrogen-bond donors (Lipinski definition) is 1. The molecule has 8 nitrogen and oxygen atoms in total. The van der Waals surface area contributed by atoms with Crippen LogP contribution in [0, 0.1) is 5.92 Å². The summed E-state index contributed by atoms with van der Waals surface area (Å²) in [7, 11) is 1.49. The molecule has 29 heavy (non-hydrogen) atoms. The maximum atomic E-state index is 13.1. The molecule has 0 aromatic carbocycles. The zero-order valence-electron chi connectivity index (χ0n) is 17.2. The summed E-state index contributed by atoms with van der Waals surface area (Å²) in [6.07, 6.45) is 3.36. The van der Waals surface area contributed by atoms with E-state index in [0.29, 0.717) is 43.8 Å². The molecule has 3 rings (SSSR count). The number of rotatable bonds is 6. The predicted molar refractivity (Wildman–Crippen MR) is 107 cm³/mol. The Hall–Kier alpha value is -2.90. The summed E-state index contributed by atoms with van der Waals surface area (Å²) in [6, 6.07) is 3.04. The second-order valence-electron chi connectivity index (χ2n) is 7.73. The van der Waals surface area contributed by atoms with Gasteiger partial charge < -0.3 is 15.0 Å². The van der Waals surface area contributed by atoms with E-state index in [9.17, 15) is 14.4 Å². The monoisotopic (exact) mass is 400 g/mol. The Morgan fingerprint density at radius 3 is 2.66 bits per heavy atom. The van der Waals surface area contributed by atoms with Gasteiger partial charge in [-0.25, -0.2) is 9.78 Å². The van der Waals surface area contributed by atoms with Crippen LogP contribution in [0.3, 0.4) is 0 Å². The first-order valence-electron chi connectivity index (χ1n) is 9.90. The highest BCUT2D eigenvalue weighted by molar-refractivity contribution is 6.07. The number of pyridine rings is 1. The van der Waals surface area contributed by atoms with Crippen LogP contribution in [0.5, 0.6) is 5.88 Å². The minimum atomic E-state index is -0.909. The van der Waals surface area contributed by atoms with Crippen LogP contribution in [0.2, 0.25) is 0 Å². The third-order valence-electron chi connectivity index (χ3n) is 5.86. The summed E-state index contributed by atoms with van der Waals surface area (Å²) in [5.74, 6) is -0.0476. The zero-order valence-corrected chi connectivity index (χ0v) is 17.2. The van der Waals surface area contributed by atoms with Gasteiger partial charge in [0.2, 0.25) is 5.88 Å². The first-order valence-corrected chi connectivity index (χ1v) is 9.90. The molecule has 2 aliphatic rings. The van der Waals surface area contributed by atoms with E-state index in [1.165, 1.54) is 12.0 Å². The molecular weight excluding hydrogens is 372 g/mol. The van der Waals surface area contributed by atoms with E-state index in [-0.39, 0.29) is 30.3 Å². The molecule has 1 N–H and O–H groups in total. The minimum Gasteiger partial charge on any atom is -0.480 e. The number of hydrogen-bond acceptors (Lipinski definition) is 5. The van der Waals surface area contributed by atoms with Crippen molar-refractivity contribution in [2.45, 2.75) is 38.6 Å². The van der Waals surface area contributed by atoms with Gasteiger partial charge in [-0.15, -0.1) is 0 Å². The summed E-state index contributed by atoms with van der Waals surface area (Å²) >= 11 is 0. The molecule has 156 valence electrons. The van der Waals surface area contributed by atoms with Crippen LogP contribution in [0.4, 0.5) is 4.79 Å². The Balaban J connectivity index is 1.72. The highest BCUT2D eigenvalue weighted by atomic mass is 16.5. The van der Waals surface area contributed by atoms with Gasteiger partial charge in [-0.3, -0.25) is 14.5 Å². The topological polar surface area (TPSA) is 91.8 Å². The van der Waals surface area contributed by atoms with Crippen molar-refractivity contribution in [1.29, 1.82) is 0 Å². The third kappa shape index (κ3) is 3.71. The number of urea groups is 1. The number of nitrogens with one attached hydrogen (secondary N) is 1. The standard InChI is InChI=1S/C21H28N4O4/c1-5-21(19(27)25(13-14(2)3)20(28)23-21)15-8-11-24(12-9-15)18(26)16-7-6-10-22-17(16)29-4/h6-7,10,15H,2,5,8-9,11-13H2,1,3-4H3,(H,23,28)/t21-/m1/s1. The van der Waals surface area contributed by atoms with Gasteiger partial charge in [0.1, 0.15) is 11.1 Å². The van der Waals surface area contributed by atoms with Crippen molar-refractivity contribution in [2.24, 2.45) is 5.92 Å². The molecule has 1 atom stereocenters. The molecule has 0 unspecified atom stereocenters. The molecular formula is C21H28N4O4. The van der Waals surface area contributed by atoms with E-state index in [0.717, 1.165) is 5.57 Å². The van der Waals surface area contributed by atoms with Crippen molar-refractivity contribution in [3.8, 4) is 5.88 Å². The maximum absolute atomic E-state index is 13.1. The average Bonchev–Trinajstić information content (AvgIpc) is 2.98. The number of imide groups is 1. The minimum absolute atomic E-state index is 0.0288. The fourth-order valence-electron chi connectivity index (χ4n) is 4.33. The fourth-order valence-corrected chi connectivity index (χ4v) is 4.33. The Labute approximate surface area is 170 Å². The summed E-state index contributed by atoms with van der Waals surface area (Å²) in [5, 5.41) is 2.95. The first kappa shape index (κ1) is 20.8. The molecule has 0 aliphatic carbocycles. The van der Waals surface area contributed by atoms with Crippen LogP contribution < -0.4 is 10.1 Å². The molecule has 2 aliphatic heterocycles. The lowest BCUT2D eigenvalue weighted by atomic mass is 9.75. The quantitative estimate of drug-likeness (QED) is 0.584. The Kier molecular flexibility index (Phi) is 5.91. The van der Waals surface area contributed by atoms with E-state index < -0.39 is 5.54 Å². The molecule has 1 aromatic heterocycles. The van der Waals surface area contributed by atoms with Gasteiger partial charge in [0.15, 0.2) is 0 Å². The summed E-state index contributed by atoms with van der Waals surface area (Å²) in [6.45, 7) is 8.77. The molecule has 0 saturated carbocycles. The normalized spacial score (nSPS) is 22.6. The van der Waals surface area contributed by atoms with Gasteiger partial charge in [-0.1, -0.05) is 19.1 Å². The van der Waals surface area contributed by atoms with Crippen molar-refractivity contribution >= 4 is 17.8 Å². The van der Waals surface area contributed by atoms with Crippen molar-refractivity contribution in [2.75, 3.05) is 26.7 Å². The summed E-state index contributed by atoms with van der Waals surface area (Å²) in [5.41, 5.74) is 0.274. The van der Waals surface area contributed by atoms with Gasteiger partial charge >= 0.3 is 6.03 Å². The van der Waals surface area contributed by atoms with Crippen molar-refractivity contribution in [3.63, 3.8) is 0 Å². The number of carbonyl (C=O) groups is 3. The SMILES string of the molecule is C=C(C)CN1C(=O)N[C@](CC)(C2CCN(C(=O)c3cccnc3OC)CC2)C1=O. The molecule has 8 heteroatoms. The van der Waals surface area contributed by atoms with E-state index in [1.54, 1.807) is 30.2 Å². The van der Waals surface area contributed by atoms with Crippen LogP contribution >= 0.6 is 0 Å². The molecule has 2 saturated heterocycles. The Morgan fingerprint density at radius 1 is 1.38 bits per heavy atom. The lowest BCUT2D eigenvalue weighted by molar-refractivity contribution is -0.133. The van der Waals surface area contributed by atoms with Gasteiger partial charge in [0, 0.05) is 19.3 Å². The lowest BCUT2D eigenvalue weighted by Crippen LogP contribution is -2.56.